The van der Waals surface area contributed by atoms with Gasteiger partial charge in [-0.3, -0.25) is 4.79 Å². The third kappa shape index (κ3) is 2.51. The van der Waals surface area contributed by atoms with E-state index in [2.05, 4.69) is 15.3 Å². The van der Waals surface area contributed by atoms with Crippen LogP contribution in [0.15, 0.2) is 64.8 Å². The summed E-state index contributed by atoms with van der Waals surface area (Å²) in [5.41, 5.74) is 4.16. The Kier molecular flexibility index (Phi) is 3.77. The lowest BCUT2D eigenvalue weighted by Gasteiger charge is -2.03. The van der Waals surface area contributed by atoms with E-state index in [9.17, 15) is 4.79 Å². The lowest BCUT2D eigenvalue weighted by atomic mass is 10.1. The fourth-order valence-corrected chi connectivity index (χ4v) is 5.53. The fourth-order valence-electron chi connectivity index (χ4n) is 3.65. The number of aromatic nitrogens is 5. The smallest absolute Gasteiger partial charge is 0.266 e. The maximum atomic E-state index is 13.3. The monoisotopic (exact) mass is 427 g/mol. The van der Waals surface area contributed by atoms with Crippen molar-refractivity contribution in [3.05, 3.63) is 75.9 Å². The highest BCUT2D eigenvalue weighted by atomic mass is 32.1. The van der Waals surface area contributed by atoms with E-state index >= 15 is 0 Å². The number of thiophene rings is 1. The number of nitrogens with zero attached hydrogens (tertiary/aromatic N) is 5. The van der Waals surface area contributed by atoms with Gasteiger partial charge in [-0.05, 0) is 18.6 Å². The fraction of sp³-hybridized carbons (Fsp3) is 0.0455. The summed E-state index contributed by atoms with van der Waals surface area (Å²) < 4.78 is 1.83. The van der Waals surface area contributed by atoms with Crippen LogP contribution in [0.3, 0.4) is 0 Å². The van der Waals surface area contributed by atoms with Gasteiger partial charge in [-0.15, -0.1) is 32.5 Å². The standard InChI is InChI=1S/C22H13N5OS2/c1-12-14-9-5-6-10-15(14)23-20-17(12)18-19(30-20)21(28)27(26-25-18)22-24-16(11-29-22)13-7-3-2-4-8-13/h2-11H,1H3. The number of hydrogen-bond donors (Lipinski definition) is 0. The van der Waals surface area contributed by atoms with Crippen molar-refractivity contribution in [2.75, 3.05) is 0 Å². The van der Waals surface area contributed by atoms with Crippen molar-refractivity contribution in [1.82, 2.24) is 25.0 Å². The average Bonchev–Trinajstić information content (AvgIpc) is 3.41. The van der Waals surface area contributed by atoms with E-state index < -0.39 is 0 Å². The SMILES string of the molecule is Cc1c2ccccc2nc2sc3c(=O)n(-c4nc(-c5ccccc5)cs4)nnc3c12. The molecule has 0 unspecified atom stereocenters. The molecule has 0 N–H and O–H groups in total. The molecule has 0 fully saturated rings. The van der Waals surface area contributed by atoms with Crippen molar-refractivity contribution >= 4 is 54.0 Å². The van der Waals surface area contributed by atoms with Gasteiger partial charge in [0.25, 0.3) is 5.56 Å². The van der Waals surface area contributed by atoms with E-state index in [0.717, 1.165) is 37.9 Å². The van der Waals surface area contributed by atoms with Gasteiger partial charge in [-0.2, -0.15) is 0 Å². The summed E-state index contributed by atoms with van der Waals surface area (Å²) in [4.78, 5) is 23.4. The van der Waals surface area contributed by atoms with Crippen LogP contribution in [0.5, 0.6) is 0 Å². The molecule has 0 spiro atoms. The Bertz CT molecular complexity index is 1630. The van der Waals surface area contributed by atoms with Crippen LogP contribution in [0.1, 0.15) is 5.56 Å². The van der Waals surface area contributed by atoms with E-state index in [1.165, 1.54) is 27.4 Å². The molecule has 0 amide bonds. The molecule has 0 radical (unpaired) electrons. The molecule has 0 atom stereocenters. The molecular formula is C22H13N5OS2. The van der Waals surface area contributed by atoms with Gasteiger partial charge in [0.1, 0.15) is 15.0 Å². The zero-order valence-corrected chi connectivity index (χ0v) is 17.4. The van der Waals surface area contributed by atoms with Crippen molar-refractivity contribution in [2.24, 2.45) is 0 Å². The molecule has 2 aromatic carbocycles. The summed E-state index contributed by atoms with van der Waals surface area (Å²) in [5.74, 6) is 0. The largest absolute Gasteiger partial charge is 0.294 e. The predicted octanol–water partition coefficient (Wildman–Crippen LogP) is 4.98. The number of fused-ring (bicyclic) bond motifs is 4. The summed E-state index contributed by atoms with van der Waals surface area (Å²) >= 11 is 2.73. The lowest BCUT2D eigenvalue weighted by Crippen LogP contribution is -2.21. The van der Waals surface area contributed by atoms with Crippen molar-refractivity contribution in [1.29, 1.82) is 0 Å². The summed E-state index contributed by atoms with van der Waals surface area (Å²) in [6.45, 7) is 2.04. The van der Waals surface area contributed by atoms with Crippen molar-refractivity contribution in [3.8, 4) is 16.4 Å². The van der Waals surface area contributed by atoms with Crippen LogP contribution in [0.2, 0.25) is 0 Å². The average molecular weight is 428 g/mol. The Morgan fingerprint density at radius 2 is 1.77 bits per heavy atom. The third-order valence-corrected chi connectivity index (χ3v) is 7.01. The Balaban J connectivity index is 1.57. The van der Waals surface area contributed by atoms with E-state index in [1.54, 1.807) is 0 Å². The van der Waals surface area contributed by atoms with Gasteiger partial charge in [0.05, 0.1) is 11.2 Å². The molecule has 4 heterocycles. The zero-order valence-electron chi connectivity index (χ0n) is 15.7. The molecule has 8 heteroatoms. The summed E-state index contributed by atoms with van der Waals surface area (Å²) in [5, 5.41) is 13.0. The predicted molar refractivity (Wildman–Crippen MR) is 122 cm³/mol. The van der Waals surface area contributed by atoms with Crippen molar-refractivity contribution in [3.63, 3.8) is 0 Å². The Hall–Kier alpha value is -3.49. The minimum atomic E-state index is -0.222. The van der Waals surface area contributed by atoms with Gasteiger partial charge in [0, 0.05) is 21.7 Å². The summed E-state index contributed by atoms with van der Waals surface area (Å²) in [6, 6.07) is 17.8. The number of pyridine rings is 1. The highest BCUT2D eigenvalue weighted by molar-refractivity contribution is 7.25. The number of rotatable bonds is 2. The third-order valence-electron chi connectivity index (χ3n) is 5.13. The molecule has 0 saturated carbocycles. The first kappa shape index (κ1) is 17.4. The second kappa shape index (κ2) is 6.51. The molecule has 0 aliphatic rings. The Morgan fingerprint density at radius 1 is 0.967 bits per heavy atom. The van der Waals surface area contributed by atoms with Crippen molar-refractivity contribution in [2.45, 2.75) is 6.92 Å². The molecule has 6 nitrogen and oxygen atoms in total. The van der Waals surface area contributed by atoms with Crippen molar-refractivity contribution < 1.29 is 0 Å². The Morgan fingerprint density at radius 3 is 2.63 bits per heavy atom. The van der Waals surface area contributed by atoms with E-state index in [4.69, 9.17) is 4.98 Å². The van der Waals surface area contributed by atoms with Gasteiger partial charge >= 0.3 is 0 Å². The molecule has 0 bridgehead atoms. The topological polar surface area (TPSA) is 73.6 Å². The molecule has 6 rings (SSSR count). The zero-order chi connectivity index (χ0) is 20.2. The minimum Gasteiger partial charge on any atom is -0.266 e. The quantitative estimate of drug-likeness (QED) is 0.390. The normalized spacial score (nSPS) is 11.6. The molecule has 0 aliphatic carbocycles. The van der Waals surface area contributed by atoms with E-state index in [1.807, 2.05) is 66.9 Å². The van der Waals surface area contributed by atoms with Gasteiger partial charge in [0.2, 0.25) is 5.13 Å². The van der Waals surface area contributed by atoms with Gasteiger partial charge in [0.15, 0.2) is 0 Å². The number of para-hydroxylation sites is 1. The second-order valence-electron chi connectivity index (χ2n) is 6.90. The highest BCUT2D eigenvalue weighted by Gasteiger charge is 2.19. The maximum absolute atomic E-state index is 13.3. The highest BCUT2D eigenvalue weighted by Crippen LogP contribution is 2.35. The summed E-state index contributed by atoms with van der Waals surface area (Å²) in [7, 11) is 0. The molecule has 4 aromatic heterocycles. The van der Waals surface area contributed by atoms with Crippen LogP contribution < -0.4 is 5.56 Å². The maximum Gasteiger partial charge on any atom is 0.294 e. The van der Waals surface area contributed by atoms with E-state index in [0.29, 0.717) is 15.3 Å². The first-order valence-corrected chi connectivity index (χ1v) is 11.0. The molecular weight excluding hydrogens is 414 g/mol. The van der Waals surface area contributed by atoms with Crippen LogP contribution in [-0.2, 0) is 0 Å². The van der Waals surface area contributed by atoms with Gasteiger partial charge in [-0.25, -0.2) is 9.97 Å². The molecule has 0 saturated heterocycles. The Labute approximate surface area is 178 Å². The lowest BCUT2D eigenvalue weighted by molar-refractivity contribution is 0.736. The molecule has 0 aliphatic heterocycles. The first-order chi connectivity index (χ1) is 14.7. The number of thiazole rings is 1. The second-order valence-corrected chi connectivity index (χ2v) is 8.74. The van der Waals surface area contributed by atoms with Crippen LogP contribution in [0, 0.1) is 6.92 Å². The first-order valence-electron chi connectivity index (χ1n) is 9.29. The van der Waals surface area contributed by atoms with Crippen LogP contribution in [0.25, 0.3) is 47.7 Å². The number of aryl methyl sites for hydroxylation is 1. The van der Waals surface area contributed by atoms with Crippen LogP contribution in [0.4, 0.5) is 0 Å². The minimum absolute atomic E-state index is 0.222. The number of hydrogen-bond acceptors (Lipinski definition) is 7. The number of benzene rings is 2. The van der Waals surface area contributed by atoms with Crippen LogP contribution >= 0.6 is 22.7 Å². The molecule has 30 heavy (non-hydrogen) atoms. The van der Waals surface area contributed by atoms with Gasteiger partial charge in [-0.1, -0.05) is 53.7 Å². The van der Waals surface area contributed by atoms with E-state index in [-0.39, 0.29) is 5.56 Å². The molecule has 144 valence electrons. The van der Waals surface area contributed by atoms with Gasteiger partial charge < -0.3 is 0 Å². The summed E-state index contributed by atoms with van der Waals surface area (Å²) in [6.07, 6.45) is 0. The van der Waals surface area contributed by atoms with Crippen LogP contribution in [-0.4, -0.2) is 25.0 Å². The molecule has 6 aromatic rings.